The summed E-state index contributed by atoms with van der Waals surface area (Å²) >= 11 is 3.40. The topological polar surface area (TPSA) is 59.2 Å². The summed E-state index contributed by atoms with van der Waals surface area (Å²) in [6.07, 6.45) is 6.67. The molecule has 92 valence electrons. The molecule has 1 fully saturated rings. The number of hydrogen-bond acceptors (Lipinski definition) is 3. The maximum atomic E-state index is 11.4. The van der Waals surface area contributed by atoms with Gasteiger partial charge in [0.2, 0.25) is 5.91 Å². The van der Waals surface area contributed by atoms with E-state index in [0.29, 0.717) is 0 Å². The van der Waals surface area contributed by atoms with Gasteiger partial charge < -0.3 is 5.73 Å². The number of hydrogen-bond donors (Lipinski definition) is 1. The van der Waals surface area contributed by atoms with E-state index in [4.69, 9.17) is 5.73 Å². The number of amides is 1. The average molecular weight is 298 g/mol. The molecule has 0 spiro atoms. The molecule has 1 unspecified atom stereocenters. The lowest BCUT2D eigenvalue weighted by atomic mass is 10.0. The number of nitrogens with two attached hydrogens (primary N) is 1. The van der Waals surface area contributed by atoms with Gasteiger partial charge in [-0.05, 0) is 46.9 Å². The molecular formula is C12H16BrN3O. The highest BCUT2D eigenvalue weighted by Gasteiger charge is 2.26. The lowest BCUT2D eigenvalue weighted by molar-refractivity contribution is -0.124. The summed E-state index contributed by atoms with van der Waals surface area (Å²) in [7, 11) is 0. The largest absolute Gasteiger partial charge is 0.368 e. The molecule has 0 aliphatic carbocycles. The van der Waals surface area contributed by atoms with Crippen molar-refractivity contribution in [1.29, 1.82) is 0 Å². The molecule has 4 nitrogen and oxygen atoms in total. The monoisotopic (exact) mass is 297 g/mol. The number of aromatic nitrogens is 1. The lowest BCUT2D eigenvalue weighted by Gasteiger charge is -2.33. The van der Waals surface area contributed by atoms with Crippen molar-refractivity contribution >= 4 is 21.8 Å². The molecule has 1 amide bonds. The summed E-state index contributed by atoms with van der Waals surface area (Å²) in [6.45, 7) is 1.67. The second-order valence-electron chi connectivity index (χ2n) is 4.40. The van der Waals surface area contributed by atoms with E-state index in [9.17, 15) is 4.79 Å². The van der Waals surface area contributed by atoms with E-state index >= 15 is 0 Å². The molecule has 1 aliphatic rings. The third kappa shape index (κ3) is 3.26. The summed E-state index contributed by atoms with van der Waals surface area (Å²) in [5.74, 6) is -0.215. The second kappa shape index (κ2) is 5.60. The predicted octanol–water partition coefficient (Wildman–Crippen LogP) is 1.68. The molecule has 1 saturated heterocycles. The van der Waals surface area contributed by atoms with Crippen molar-refractivity contribution in [2.45, 2.75) is 31.8 Å². The van der Waals surface area contributed by atoms with Gasteiger partial charge in [-0.1, -0.05) is 6.42 Å². The van der Waals surface area contributed by atoms with E-state index < -0.39 is 0 Å². The molecule has 0 aromatic carbocycles. The van der Waals surface area contributed by atoms with Gasteiger partial charge in [0.25, 0.3) is 0 Å². The first-order valence-corrected chi connectivity index (χ1v) is 6.59. The van der Waals surface area contributed by atoms with Crippen molar-refractivity contribution in [3.05, 3.63) is 28.5 Å². The predicted molar refractivity (Wildman–Crippen MR) is 69.2 cm³/mol. The Balaban J connectivity index is 2.08. The zero-order chi connectivity index (χ0) is 12.3. The molecule has 5 heteroatoms. The van der Waals surface area contributed by atoms with E-state index in [2.05, 4.69) is 25.8 Å². The summed E-state index contributed by atoms with van der Waals surface area (Å²) < 4.78 is 0.961. The van der Waals surface area contributed by atoms with Crippen molar-refractivity contribution < 1.29 is 4.79 Å². The molecule has 1 atom stereocenters. The Labute approximate surface area is 109 Å². The summed E-state index contributed by atoms with van der Waals surface area (Å²) in [4.78, 5) is 17.7. The van der Waals surface area contributed by atoms with Gasteiger partial charge in [-0.25, -0.2) is 0 Å². The smallest absolute Gasteiger partial charge is 0.234 e. The van der Waals surface area contributed by atoms with Gasteiger partial charge in [0, 0.05) is 23.4 Å². The fraction of sp³-hybridized carbons (Fsp3) is 0.500. The fourth-order valence-corrected chi connectivity index (χ4v) is 2.69. The minimum absolute atomic E-state index is 0.122. The van der Waals surface area contributed by atoms with E-state index in [1.165, 1.54) is 0 Å². The molecule has 0 bridgehead atoms. The van der Waals surface area contributed by atoms with Gasteiger partial charge in [-0.2, -0.15) is 0 Å². The number of likely N-dealkylation sites (tertiary alicyclic amines) is 1. The Morgan fingerprint density at radius 3 is 3.06 bits per heavy atom. The normalized spacial score (nSPS) is 21.4. The Hall–Kier alpha value is -0.940. The fourth-order valence-electron chi connectivity index (χ4n) is 2.28. The van der Waals surface area contributed by atoms with Crippen molar-refractivity contribution in [2.75, 3.05) is 6.54 Å². The SMILES string of the molecule is NC(=O)C1CCCCN1Cc1cncc(Br)c1. The average Bonchev–Trinajstić information content (AvgIpc) is 2.29. The highest BCUT2D eigenvalue weighted by molar-refractivity contribution is 9.10. The van der Waals surface area contributed by atoms with Crippen LogP contribution in [0.3, 0.4) is 0 Å². The summed E-state index contributed by atoms with van der Waals surface area (Å²) in [5, 5.41) is 0. The molecule has 0 radical (unpaired) electrons. The Morgan fingerprint density at radius 1 is 1.53 bits per heavy atom. The van der Waals surface area contributed by atoms with E-state index in [-0.39, 0.29) is 11.9 Å². The van der Waals surface area contributed by atoms with Crippen molar-refractivity contribution in [1.82, 2.24) is 9.88 Å². The summed E-state index contributed by atoms with van der Waals surface area (Å²) in [5.41, 5.74) is 6.54. The van der Waals surface area contributed by atoms with Crippen LogP contribution < -0.4 is 5.73 Å². The molecule has 2 heterocycles. The van der Waals surface area contributed by atoms with Crippen LogP contribution in [0.4, 0.5) is 0 Å². The first-order chi connectivity index (χ1) is 8.16. The Bertz CT molecular complexity index is 410. The van der Waals surface area contributed by atoms with Gasteiger partial charge in [-0.15, -0.1) is 0 Å². The van der Waals surface area contributed by atoms with Crippen LogP contribution in [0.1, 0.15) is 24.8 Å². The standard InChI is InChI=1S/C12H16BrN3O/c13-10-5-9(6-15-7-10)8-16-4-2-1-3-11(16)12(14)17/h5-7,11H,1-4,8H2,(H2,14,17). The number of pyridine rings is 1. The highest BCUT2D eigenvalue weighted by Crippen LogP contribution is 2.20. The van der Waals surface area contributed by atoms with Gasteiger partial charge >= 0.3 is 0 Å². The zero-order valence-electron chi connectivity index (χ0n) is 9.60. The van der Waals surface area contributed by atoms with Crippen molar-refractivity contribution in [3.63, 3.8) is 0 Å². The third-order valence-corrected chi connectivity index (χ3v) is 3.52. The van der Waals surface area contributed by atoms with Crippen LogP contribution in [-0.4, -0.2) is 28.4 Å². The first-order valence-electron chi connectivity index (χ1n) is 5.79. The second-order valence-corrected chi connectivity index (χ2v) is 5.31. The van der Waals surface area contributed by atoms with Crippen LogP contribution >= 0.6 is 15.9 Å². The maximum Gasteiger partial charge on any atom is 0.234 e. The number of piperidine rings is 1. The molecule has 2 N–H and O–H groups in total. The lowest BCUT2D eigenvalue weighted by Crippen LogP contribution is -2.47. The quantitative estimate of drug-likeness (QED) is 0.923. The van der Waals surface area contributed by atoms with E-state index in [1.807, 2.05) is 12.3 Å². The van der Waals surface area contributed by atoms with E-state index in [1.54, 1.807) is 6.20 Å². The van der Waals surface area contributed by atoms with Crippen molar-refractivity contribution in [2.24, 2.45) is 5.73 Å². The van der Waals surface area contributed by atoms with Crippen LogP contribution in [0.2, 0.25) is 0 Å². The third-order valence-electron chi connectivity index (χ3n) is 3.09. The first kappa shape index (κ1) is 12.5. The number of rotatable bonds is 3. The number of carbonyl (C=O) groups is 1. The number of carbonyl (C=O) groups excluding carboxylic acids is 1. The molecule has 1 aromatic rings. The van der Waals surface area contributed by atoms with Gasteiger partial charge in [0.05, 0.1) is 6.04 Å². The molecule has 1 aliphatic heterocycles. The van der Waals surface area contributed by atoms with Gasteiger partial charge in [-0.3, -0.25) is 14.7 Å². The van der Waals surface area contributed by atoms with Crippen LogP contribution in [0.25, 0.3) is 0 Å². The maximum absolute atomic E-state index is 11.4. The molecule has 2 rings (SSSR count). The minimum Gasteiger partial charge on any atom is -0.368 e. The molecule has 1 aromatic heterocycles. The van der Waals surface area contributed by atoms with Gasteiger partial charge in [0.1, 0.15) is 0 Å². The number of halogens is 1. The molecule has 17 heavy (non-hydrogen) atoms. The molecule has 0 saturated carbocycles. The Morgan fingerprint density at radius 2 is 2.35 bits per heavy atom. The number of nitrogens with zero attached hydrogens (tertiary/aromatic N) is 2. The summed E-state index contributed by atoms with van der Waals surface area (Å²) in [6, 6.07) is 1.90. The van der Waals surface area contributed by atoms with Crippen molar-refractivity contribution in [3.8, 4) is 0 Å². The molecular weight excluding hydrogens is 282 g/mol. The Kier molecular flexibility index (Phi) is 4.12. The minimum atomic E-state index is -0.215. The van der Waals surface area contributed by atoms with Crippen LogP contribution in [-0.2, 0) is 11.3 Å². The zero-order valence-corrected chi connectivity index (χ0v) is 11.2. The van der Waals surface area contributed by atoms with Crippen LogP contribution in [0, 0.1) is 0 Å². The number of primary amides is 1. The van der Waals surface area contributed by atoms with E-state index in [0.717, 1.165) is 42.4 Å². The highest BCUT2D eigenvalue weighted by atomic mass is 79.9. The van der Waals surface area contributed by atoms with Crippen LogP contribution in [0.5, 0.6) is 0 Å². The van der Waals surface area contributed by atoms with Gasteiger partial charge in [0.15, 0.2) is 0 Å². The van der Waals surface area contributed by atoms with Crippen LogP contribution in [0.15, 0.2) is 22.9 Å².